The monoisotopic (exact) mass is 439 g/mol. The maximum Gasteiger partial charge on any atom is 0.315 e. The predicted molar refractivity (Wildman–Crippen MR) is 114 cm³/mol. The number of urea groups is 1. The number of thiophene rings is 1. The van der Waals surface area contributed by atoms with Crippen molar-refractivity contribution in [2.45, 2.75) is 34.9 Å². The summed E-state index contributed by atoms with van der Waals surface area (Å²) in [6.07, 6.45) is 2.72. The summed E-state index contributed by atoms with van der Waals surface area (Å²) in [6, 6.07) is 13.3. The van der Waals surface area contributed by atoms with Gasteiger partial charge in [-0.3, -0.25) is 0 Å². The number of nitrogens with one attached hydrogen (secondary N) is 2. The second-order valence-electron chi connectivity index (χ2n) is 6.46. The zero-order valence-electron chi connectivity index (χ0n) is 15.6. The maximum absolute atomic E-state index is 12.5. The molecule has 0 aliphatic carbocycles. The van der Waals surface area contributed by atoms with Gasteiger partial charge < -0.3 is 10.6 Å². The van der Waals surface area contributed by atoms with Gasteiger partial charge in [0.25, 0.3) is 10.0 Å². The minimum Gasteiger partial charge on any atom is -0.338 e. The molecule has 3 rings (SSSR count). The quantitative estimate of drug-likeness (QED) is 0.463. The molecule has 1 saturated heterocycles. The third-order valence-electron chi connectivity index (χ3n) is 4.34. The van der Waals surface area contributed by atoms with Crippen LogP contribution in [0.4, 0.5) is 4.79 Å². The molecule has 1 aromatic heterocycles. The first-order chi connectivity index (χ1) is 13.6. The fourth-order valence-corrected chi connectivity index (χ4v) is 6.70. The summed E-state index contributed by atoms with van der Waals surface area (Å²) in [6.45, 7) is 2.12. The Balaban J connectivity index is 1.35. The maximum atomic E-state index is 12.5. The number of carbonyl (C=O) groups is 1. The van der Waals surface area contributed by atoms with Crippen LogP contribution >= 0.6 is 23.1 Å². The zero-order chi connectivity index (χ0) is 19.8. The van der Waals surface area contributed by atoms with E-state index in [0.717, 1.165) is 29.9 Å². The summed E-state index contributed by atoms with van der Waals surface area (Å²) < 4.78 is 26.9. The summed E-state index contributed by atoms with van der Waals surface area (Å²) in [7, 11) is -3.38. The molecule has 28 heavy (non-hydrogen) atoms. The van der Waals surface area contributed by atoms with Crippen LogP contribution in [-0.2, 0) is 16.6 Å². The Labute approximate surface area is 174 Å². The van der Waals surface area contributed by atoms with Gasteiger partial charge in [-0.1, -0.05) is 18.2 Å². The van der Waals surface area contributed by atoms with Gasteiger partial charge in [-0.05, 0) is 49.3 Å². The van der Waals surface area contributed by atoms with Gasteiger partial charge in [0.05, 0.1) is 6.54 Å². The Bertz CT molecular complexity index is 863. The van der Waals surface area contributed by atoms with E-state index in [1.807, 2.05) is 18.2 Å². The third kappa shape index (κ3) is 5.97. The van der Waals surface area contributed by atoms with Crippen molar-refractivity contribution in [3.63, 3.8) is 0 Å². The van der Waals surface area contributed by atoms with Crippen molar-refractivity contribution in [2.24, 2.45) is 0 Å². The normalized spacial score (nSPS) is 14.9. The number of amides is 2. The first-order valence-corrected chi connectivity index (χ1v) is 12.6. The van der Waals surface area contributed by atoms with Crippen molar-refractivity contribution >= 4 is 39.2 Å². The molecule has 0 bridgehead atoms. The highest BCUT2D eigenvalue weighted by molar-refractivity contribution is 7.99. The molecule has 2 aromatic rings. The van der Waals surface area contributed by atoms with E-state index >= 15 is 0 Å². The predicted octanol–water partition coefficient (Wildman–Crippen LogP) is 3.51. The molecule has 1 aromatic carbocycles. The SMILES string of the molecule is O=C(NCCCSc1ccccc1)NCc1ccc(S(=O)(=O)N2CCCC2)s1. The summed E-state index contributed by atoms with van der Waals surface area (Å²) in [5, 5.41) is 5.62. The Morgan fingerprint density at radius 1 is 1.07 bits per heavy atom. The van der Waals surface area contributed by atoms with E-state index in [2.05, 4.69) is 22.8 Å². The number of hydrogen-bond acceptors (Lipinski definition) is 5. The molecule has 152 valence electrons. The Morgan fingerprint density at radius 3 is 2.57 bits per heavy atom. The van der Waals surface area contributed by atoms with E-state index in [0.29, 0.717) is 30.4 Å². The topological polar surface area (TPSA) is 78.5 Å². The van der Waals surface area contributed by atoms with Crippen LogP contribution in [0.3, 0.4) is 0 Å². The van der Waals surface area contributed by atoms with Gasteiger partial charge >= 0.3 is 6.03 Å². The van der Waals surface area contributed by atoms with Gasteiger partial charge in [0, 0.05) is 29.4 Å². The highest BCUT2D eigenvalue weighted by atomic mass is 32.2. The number of carbonyl (C=O) groups excluding carboxylic acids is 1. The molecular formula is C19H25N3O3S3. The fraction of sp³-hybridized carbons (Fsp3) is 0.421. The lowest BCUT2D eigenvalue weighted by atomic mass is 10.4. The highest BCUT2D eigenvalue weighted by Gasteiger charge is 2.28. The minimum absolute atomic E-state index is 0.234. The van der Waals surface area contributed by atoms with Crippen LogP contribution < -0.4 is 10.6 Å². The first-order valence-electron chi connectivity index (χ1n) is 9.34. The largest absolute Gasteiger partial charge is 0.338 e. The summed E-state index contributed by atoms with van der Waals surface area (Å²) in [5.74, 6) is 0.937. The van der Waals surface area contributed by atoms with Gasteiger partial charge in [0.1, 0.15) is 4.21 Å². The fourth-order valence-electron chi connectivity index (χ4n) is 2.86. The van der Waals surface area contributed by atoms with Crippen molar-refractivity contribution in [3.05, 3.63) is 47.3 Å². The number of rotatable bonds is 9. The molecule has 0 saturated carbocycles. The van der Waals surface area contributed by atoms with E-state index in [4.69, 9.17) is 0 Å². The van der Waals surface area contributed by atoms with Gasteiger partial charge in [-0.25, -0.2) is 13.2 Å². The van der Waals surface area contributed by atoms with Crippen LogP contribution in [-0.4, -0.2) is 44.1 Å². The molecule has 0 unspecified atom stereocenters. The van der Waals surface area contributed by atoms with Crippen molar-refractivity contribution in [1.82, 2.24) is 14.9 Å². The van der Waals surface area contributed by atoms with E-state index in [1.165, 1.54) is 20.5 Å². The van der Waals surface area contributed by atoms with Crippen molar-refractivity contribution in [2.75, 3.05) is 25.4 Å². The second kappa shape index (κ2) is 10.3. The van der Waals surface area contributed by atoms with Crippen molar-refractivity contribution < 1.29 is 13.2 Å². The van der Waals surface area contributed by atoms with Gasteiger partial charge in [0.15, 0.2) is 0 Å². The number of nitrogens with zero attached hydrogens (tertiary/aromatic N) is 1. The van der Waals surface area contributed by atoms with Crippen LogP contribution in [0.2, 0.25) is 0 Å². The smallest absolute Gasteiger partial charge is 0.315 e. The molecule has 0 atom stereocenters. The van der Waals surface area contributed by atoms with Crippen LogP contribution in [0, 0.1) is 0 Å². The van der Waals surface area contributed by atoms with Crippen molar-refractivity contribution in [1.29, 1.82) is 0 Å². The Morgan fingerprint density at radius 2 is 1.82 bits per heavy atom. The van der Waals surface area contributed by atoms with Crippen LogP contribution in [0.5, 0.6) is 0 Å². The number of sulfonamides is 1. The van der Waals surface area contributed by atoms with Gasteiger partial charge in [0.2, 0.25) is 0 Å². The van der Waals surface area contributed by atoms with Crippen molar-refractivity contribution in [3.8, 4) is 0 Å². The minimum atomic E-state index is -3.38. The molecule has 2 amide bonds. The number of benzene rings is 1. The summed E-state index contributed by atoms with van der Waals surface area (Å²) >= 11 is 2.99. The summed E-state index contributed by atoms with van der Waals surface area (Å²) in [5.41, 5.74) is 0. The molecule has 1 fully saturated rings. The molecule has 2 N–H and O–H groups in total. The molecule has 9 heteroatoms. The molecule has 6 nitrogen and oxygen atoms in total. The molecule has 0 spiro atoms. The van der Waals surface area contributed by atoms with Crippen LogP contribution in [0.25, 0.3) is 0 Å². The molecule has 0 radical (unpaired) electrons. The lowest BCUT2D eigenvalue weighted by Gasteiger charge is -2.13. The van der Waals surface area contributed by atoms with Crippen LogP contribution in [0.1, 0.15) is 24.1 Å². The summed E-state index contributed by atoms with van der Waals surface area (Å²) in [4.78, 5) is 14.0. The van der Waals surface area contributed by atoms with E-state index < -0.39 is 10.0 Å². The lowest BCUT2D eigenvalue weighted by molar-refractivity contribution is 0.240. The van der Waals surface area contributed by atoms with E-state index in [-0.39, 0.29) is 6.03 Å². The van der Waals surface area contributed by atoms with E-state index in [1.54, 1.807) is 23.9 Å². The van der Waals surface area contributed by atoms with E-state index in [9.17, 15) is 13.2 Å². The molecular weight excluding hydrogens is 414 g/mol. The third-order valence-corrected chi connectivity index (χ3v) is 8.89. The average molecular weight is 440 g/mol. The number of hydrogen-bond donors (Lipinski definition) is 2. The van der Waals surface area contributed by atoms with Crippen LogP contribution in [0.15, 0.2) is 51.6 Å². The molecule has 2 heterocycles. The lowest BCUT2D eigenvalue weighted by Crippen LogP contribution is -2.35. The Hall–Kier alpha value is -1.55. The first kappa shape index (κ1) is 21.2. The number of thioether (sulfide) groups is 1. The van der Waals surface area contributed by atoms with Gasteiger partial charge in [-0.2, -0.15) is 4.31 Å². The standard InChI is InChI=1S/C19H25N3O3S3/c23-19(20-11-6-14-26-16-7-2-1-3-8-16)21-15-17-9-10-18(27-17)28(24,25)22-12-4-5-13-22/h1-3,7-10H,4-6,11-15H2,(H2,20,21,23). The van der Waals surface area contributed by atoms with Gasteiger partial charge in [-0.15, -0.1) is 23.1 Å². The molecule has 1 aliphatic heterocycles. The highest BCUT2D eigenvalue weighted by Crippen LogP contribution is 2.27. The molecule has 1 aliphatic rings. The Kier molecular flexibility index (Phi) is 7.78. The average Bonchev–Trinajstić information content (AvgIpc) is 3.39. The second-order valence-corrected chi connectivity index (χ2v) is 11.0. The zero-order valence-corrected chi connectivity index (χ0v) is 18.0.